The first-order valence-corrected chi connectivity index (χ1v) is 10.2. The zero-order valence-electron chi connectivity index (χ0n) is 15.8. The second-order valence-corrected chi connectivity index (χ2v) is 8.37. The molecule has 1 saturated heterocycles. The van der Waals surface area contributed by atoms with Crippen LogP contribution < -0.4 is 9.47 Å². The minimum absolute atomic E-state index is 0.0746. The van der Waals surface area contributed by atoms with E-state index in [1.165, 1.54) is 0 Å². The molecule has 144 valence electrons. The molecule has 27 heavy (non-hydrogen) atoms. The summed E-state index contributed by atoms with van der Waals surface area (Å²) < 4.78 is 10.7. The Morgan fingerprint density at radius 2 is 1.85 bits per heavy atom. The Hall–Kier alpha value is -1.85. The lowest BCUT2D eigenvalue weighted by atomic mass is 10.0. The summed E-state index contributed by atoms with van der Waals surface area (Å²) in [6, 6.07) is 13.6. The maximum absolute atomic E-state index is 13.1. The van der Waals surface area contributed by atoms with Crippen molar-refractivity contribution in [2.45, 2.75) is 36.0 Å². The van der Waals surface area contributed by atoms with Crippen LogP contribution in [-0.4, -0.2) is 36.8 Å². The summed E-state index contributed by atoms with van der Waals surface area (Å²) in [6.45, 7) is 2.74. The number of halogens is 1. The van der Waals surface area contributed by atoms with E-state index in [0.29, 0.717) is 16.5 Å². The van der Waals surface area contributed by atoms with Crippen molar-refractivity contribution in [3.63, 3.8) is 0 Å². The van der Waals surface area contributed by atoms with E-state index in [4.69, 9.17) is 21.1 Å². The molecule has 2 atom stereocenters. The Balaban J connectivity index is 1.75. The van der Waals surface area contributed by atoms with Crippen LogP contribution in [0.5, 0.6) is 11.5 Å². The van der Waals surface area contributed by atoms with Crippen molar-refractivity contribution in [3.05, 3.63) is 53.1 Å². The highest BCUT2D eigenvalue weighted by molar-refractivity contribution is 8.00. The molecule has 2 aromatic carbocycles. The molecule has 1 aliphatic heterocycles. The predicted octanol–water partition coefficient (Wildman–Crippen LogP) is 5.20. The van der Waals surface area contributed by atoms with Crippen LogP contribution in [-0.2, 0) is 4.79 Å². The summed E-state index contributed by atoms with van der Waals surface area (Å²) >= 11 is 7.51. The fraction of sp³-hybridized carbons (Fsp3) is 0.381. The summed E-state index contributed by atoms with van der Waals surface area (Å²) in [5, 5.41) is 0.540. The Bertz CT molecular complexity index is 797. The minimum atomic E-state index is -0.160. The SMILES string of the molecule is COc1ccc(C2CCCN2C(=O)C(C)Sc2ccc(Cl)cc2)cc1OC. The first-order chi connectivity index (χ1) is 13.0. The number of amides is 1. The Morgan fingerprint density at radius 1 is 1.15 bits per heavy atom. The molecule has 6 heteroatoms. The van der Waals surface area contributed by atoms with Gasteiger partial charge >= 0.3 is 0 Å². The van der Waals surface area contributed by atoms with Crippen LogP contribution in [0.2, 0.25) is 5.02 Å². The van der Waals surface area contributed by atoms with E-state index in [1.54, 1.807) is 26.0 Å². The maximum atomic E-state index is 13.1. The van der Waals surface area contributed by atoms with Crippen molar-refractivity contribution >= 4 is 29.3 Å². The summed E-state index contributed by atoms with van der Waals surface area (Å²) in [7, 11) is 3.25. The van der Waals surface area contributed by atoms with E-state index >= 15 is 0 Å². The third-order valence-electron chi connectivity index (χ3n) is 4.80. The number of likely N-dealkylation sites (tertiary alicyclic amines) is 1. The number of methoxy groups -OCH3 is 2. The average Bonchev–Trinajstić information content (AvgIpc) is 3.18. The van der Waals surface area contributed by atoms with Crippen molar-refractivity contribution in [1.82, 2.24) is 4.90 Å². The Labute approximate surface area is 169 Å². The molecular formula is C21H24ClNO3S. The molecule has 0 radical (unpaired) electrons. The van der Waals surface area contributed by atoms with Gasteiger partial charge < -0.3 is 14.4 Å². The van der Waals surface area contributed by atoms with Gasteiger partial charge in [-0.1, -0.05) is 17.7 Å². The lowest BCUT2D eigenvalue weighted by molar-refractivity contribution is -0.131. The summed E-state index contributed by atoms with van der Waals surface area (Å²) in [6.07, 6.45) is 1.96. The molecule has 0 aromatic heterocycles. The van der Waals surface area contributed by atoms with Crippen molar-refractivity contribution in [2.24, 2.45) is 0 Å². The largest absolute Gasteiger partial charge is 0.493 e. The van der Waals surface area contributed by atoms with Gasteiger partial charge in [-0.15, -0.1) is 11.8 Å². The van der Waals surface area contributed by atoms with E-state index in [-0.39, 0.29) is 17.2 Å². The number of carbonyl (C=O) groups excluding carboxylic acids is 1. The van der Waals surface area contributed by atoms with Crippen LogP contribution in [0.3, 0.4) is 0 Å². The number of hydrogen-bond acceptors (Lipinski definition) is 4. The number of benzene rings is 2. The molecule has 1 fully saturated rings. The molecule has 0 saturated carbocycles. The van der Waals surface area contributed by atoms with Gasteiger partial charge in [0.25, 0.3) is 0 Å². The third-order valence-corrected chi connectivity index (χ3v) is 6.15. The van der Waals surface area contributed by atoms with E-state index in [0.717, 1.165) is 29.8 Å². The lowest BCUT2D eigenvalue weighted by Gasteiger charge is -2.28. The van der Waals surface area contributed by atoms with Crippen molar-refractivity contribution in [1.29, 1.82) is 0 Å². The van der Waals surface area contributed by atoms with E-state index in [2.05, 4.69) is 0 Å². The van der Waals surface area contributed by atoms with Crippen molar-refractivity contribution < 1.29 is 14.3 Å². The highest BCUT2D eigenvalue weighted by Crippen LogP contribution is 2.38. The number of rotatable bonds is 6. The normalized spacial score (nSPS) is 17.6. The fourth-order valence-corrected chi connectivity index (χ4v) is 4.50. The van der Waals surface area contributed by atoms with Crippen LogP contribution in [0.25, 0.3) is 0 Å². The highest BCUT2D eigenvalue weighted by Gasteiger charge is 2.33. The van der Waals surface area contributed by atoms with Gasteiger partial charge in [-0.05, 0) is 61.7 Å². The van der Waals surface area contributed by atoms with E-state index in [9.17, 15) is 4.79 Å². The zero-order valence-corrected chi connectivity index (χ0v) is 17.3. The topological polar surface area (TPSA) is 38.8 Å². The van der Waals surface area contributed by atoms with Gasteiger partial charge in [0, 0.05) is 16.5 Å². The van der Waals surface area contributed by atoms with Gasteiger partial charge in [-0.2, -0.15) is 0 Å². The molecule has 0 aliphatic carbocycles. The molecule has 1 aliphatic rings. The molecular weight excluding hydrogens is 382 g/mol. The van der Waals surface area contributed by atoms with Crippen molar-refractivity contribution in [3.8, 4) is 11.5 Å². The number of hydrogen-bond donors (Lipinski definition) is 0. The average molecular weight is 406 g/mol. The van der Waals surface area contributed by atoms with Crippen LogP contribution >= 0.6 is 23.4 Å². The zero-order chi connectivity index (χ0) is 19.4. The van der Waals surface area contributed by atoms with Gasteiger partial charge in [0.05, 0.1) is 25.5 Å². The third kappa shape index (κ3) is 4.53. The van der Waals surface area contributed by atoms with Gasteiger partial charge in [0.1, 0.15) is 0 Å². The van der Waals surface area contributed by atoms with Crippen LogP contribution in [0, 0.1) is 0 Å². The molecule has 2 aromatic rings. The molecule has 0 spiro atoms. The maximum Gasteiger partial charge on any atom is 0.236 e. The molecule has 1 heterocycles. The highest BCUT2D eigenvalue weighted by atomic mass is 35.5. The summed E-state index contributed by atoms with van der Waals surface area (Å²) in [4.78, 5) is 16.1. The van der Waals surface area contributed by atoms with Crippen LogP contribution in [0.15, 0.2) is 47.4 Å². The van der Waals surface area contributed by atoms with Gasteiger partial charge in [0.15, 0.2) is 11.5 Å². The summed E-state index contributed by atoms with van der Waals surface area (Å²) in [5.41, 5.74) is 1.09. The first kappa shape index (κ1) is 19.9. The second-order valence-electron chi connectivity index (χ2n) is 6.52. The molecule has 2 unspecified atom stereocenters. The quantitative estimate of drug-likeness (QED) is 0.619. The standard InChI is InChI=1S/C21H24ClNO3S/c1-14(27-17-9-7-16(22)8-10-17)21(24)23-12-4-5-18(23)15-6-11-19(25-2)20(13-15)26-3/h6-11,13-14,18H,4-5,12H2,1-3H3. The van der Waals surface area contributed by atoms with Gasteiger partial charge in [-0.3, -0.25) is 4.79 Å². The fourth-order valence-electron chi connectivity index (χ4n) is 3.44. The molecule has 0 bridgehead atoms. The van der Waals surface area contributed by atoms with Crippen LogP contribution in [0.4, 0.5) is 0 Å². The Morgan fingerprint density at radius 3 is 2.52 bits per heavy atom. The van der Waals surface area contributed by atoms with E-state index < -0.39 is 0 Å². The lowest BCUT2D eigenvalue weighted by Crippen LogP contribution is -2.36. The number of ether oxygens (including phenoxy) is 2. The summed E-state index contributed by atoms with van der Waals surface area (Å²) in [5.74, 6) is 1.55. The van der Waals surface area contributed by atoms with E-state index in [1.807, 2.05) is 54.3 Å². The first-order valence-electron chi connectivity index (χ1n) is 8.98. The number of carbonyl (C=O) groups is 1. The van der Waals surface area contributed by atoms with Crippen molar-refractivity contribution in [2.75, 3.05) is 20.8 Å². The minimum Gasteiger partial charge on any atom is -0.493 e. The molecule has 4 nitrogen and oxygen atoms in total. The Kier molecular flexibility index (Phi) is 6.55. The monoisotopic (exact) mass is 405 g/mol. The second kappa shape index (κ2) is 8.89. The predicted molar refractivity (Wildman–Crippen MR) is 110 cm³/mol. The smallest absolute Gasteiger partial charge is 0.236 e. The van der Waals surface area contributed by atoms with Crippen LogP contribution in [0.1, 0.15) is 31.4 Å². The molecule has 3 rings (SSSR count). The molecule has 0 N–H and O–H groups in total. The number of thioether (sulfide) groups is 1. The van der Waals surface area contributed by atoms with Gasteiger partial charge in [0.2, 0.25) is 5.91 Å². The number of nitrogens with zero attached hydrogens (tertiary/aromatic N) is 1. The van der Waals surface area contributed by atoms with Gasteiger partial charge in [-0.25, -0.2) is 0 Å². The molecule has 1 amide bonds.